The van der Waals surface area contributed by atoms with E-state index in [1.165, 1.54) is 0 Å². The van der Waals surface area contributed by atoms with Gasteiger partial charge in [-0.25, -0.2) is 0 Å². The minimum absolute atomic E-state index is 0.0685. The van der Waals surface area contributed by atoms with Crippen molar-refractivity contribution in [2.24, 2.45) is 0 Å². The van der Waals surface area contributed by atoms with E-state index in [9.17, 15) is 0 Å². The Morgan fingerprint density at radius 3 is 3.10 bits per heavy atom. The minimum atomic E-state index is -3.18. The van der Waals surface area contributed by atoms with E-state index < -0.39 is 16.1 Å². The molecule has 0 aromatic rings. The molecule has 0 aromatic carbocycles. The second-order valence-electron chi connectivity index (χ2n) is 2.01. The number of rotatable bonds is 7. The van der Waals surface area contributed by atoms with Crippen LogP contribution in [0.3, 0.4) is 0 Å². The van der Waals surface area contributed by atoms with Gasteiger partial charge in [0.1, 0.15) is 6.10 Å². The standard InChI is InChI=1S/C6H16O3Si/c7-4-6(8)5-9-2-1-3-10/h6-8H,1-5H2,10H3/i10T3. The second-order valence-corrected chi connectivity index (χ2v) is 2.51. The average molecular weight is 170 g/mol. The molecule has 0 saturated carbocycles. The predicted molar refractivity (Wildman–Crippen MR) is 43.3 cm³/mol. The number of aliphatic hydroxyl groups is 2. The molecule has 0 saturated heterocycles. The molecule has 10 heavy (non-hydrogen) atoms. The SMILES string of the molecule is [3H][Si]([3H])([3H])CCCOCC(O)CO. The van der Waals surface area contributed by atoms with Crippen LogP contribution in [0.15, 0.2) is 0 Å². The van der Waals surface area contributed by atoms with Crippen molar-refractivity contribution in [3.05, 3.63) is 0 Å². The van der Waals surface area contributed by atoms with Crippen LogP contribution in [0.2, 0.25) is 6.04 Å². The van der Waals surface area contributed by atoms with Crippen LogP contribution in [0.4, 0.5) is 0 Å². The van der Waals surface area contributed by atoms with Crippen molar-refractivity contribution in [2.75, 3.05) is 19.8 Å². The van der Waals surface area contributed by atoms with Crippen LogP contribution in [0.5, 0.6) is 0 Å². The van der Waals surface area contributed by atoms with Crippen molar-refractivity contribution in [2.45, 2.75) is 18.6 Å². The van der Waals surface area contributed by atoms with Gasteiger partial charge in [-0.1, -0.05) is 6.04 Å². The zero-order valence-corrected chi connectivity index (χ0v) is 6.92. The molecule has 0 bridgehead atoms. The number of ether oxygens (including phenoxy) is 1. The zero-order valence-electron chi connectivity index (χ0n) is 8.92. The topological polar surface area (TPSA) is 49.7 Å². The van der Waals surface area contributed by atoms with Crippen LogP contribution >= 0.6 is 0 Å². The van der Waals surface area contributed by atoms with Crippen LogP contribution in [-0.2, 0) is 4.74 Å². The highest BCUT2D eigenvalue weighted by atomic mass is 28.1. The summed E-state index contributed by atoms with van der Waals surface area (Å²) in [6, 6.07) is 0.252. The molecule has 1 atom stereocenters. The van der Waals surface area contributed by atoms with E-state index in [0.29, 0.717) is 13.0 Å². The van der Waals surface area contributed by atoms with Gasteiger partial charge >= 0.3 is 0 Å². The summed E-state index contributed by atoms with van der Waals surface area (Å²) in [6.45, 7) is 0.0789. The molecule has 4 heteroatoms. The molecule has 1 unspecified atom stereocenters. The van der Waals surface area contributed by atoms with Gasteiger partial charge in [0.25, 0.3) is 0 Å². The minimum Gasteiger partial charge on any atom is -0.394 e. The van der Waals surface area contributed by atoms with Crippen LogP contribution in [0, 0.1) is 0 Å². The second kappa shape index (κ2) is 7.21. The van der Waals surface area contributed by atoms with Crippen LogP contribution in [0.25, 0.3) is 0 Å². The Labute approximate surface area is 68.1 Å². The number of hydrogen-bond donors (Lipinski definition) is 2. The summed E-state index contributed by atoms with van der Waals surface area (Å²) in [6.07, 6.45) is -0.356. The third kappa shape index (κ3) is 6.22. The molecule has 0 aromatic heterocycles. The molecule has 62 valence electrons. The van der Waals surface area contributed by atoms with E-state index in [1.807, 2.05) is 0 Å². The van der Waals surface area contributed by atoms with Crippen molar-refractivity contribution in [3.63, 3.8) is 0 Å². The van der Waals surface area contributed by atoms with Crippen LogP contribution in [0.1, 0.15) is 6.42 Å². The van der Waals surface area contributed by atoms with Gasteiger partial charge in [-0.2, -0.15) is 0 Å². The average Bonchev–Trinajstić information content (AvgIpc) is 2.01. The van der Waals surface area contributed by atoms with Gasteiger partial charge < -0.3 is 14.9 Å². The summed E-state index contributed by atoms with van der Waals surface area (Å²) >= 11 is 0. The van der Waals surface area contributed by atoms with E-state index in [0.717, 1.165) is 0 Å². The number of hydrogen-bond acceptors (Lipinski definition) is 3. The first-order valence-corrected chi connectivity index (χ1v) is 4.03. The lowest BCUT2D eigenvalue weighted by Crippen LogP contribution is -2.19. The predicted octanol–water partition coefficient (Wildman–Crippen LogP) is -1.47. The Morgan fingerprint density at radius 2 is 2.50 bits per heavy atom. The maximum Gasteiger partial charge on any atom is 0.100 e. The first-order valence-electron chi connectivity index (χ1n) is 4.82. The van der Waals surface area contributed by atoms with E-state index >= 15 is 0 Å². The molecule has 3 nitrogen and oxygen atoms in total. The Balaban J connectivity index is 3.18. The van der Waals surface area contributed by atoms with E-state index in [1.54, 1.807) is 0 Å². The van der Waals surface area contributed by atoms with E-state index in [2.05, 4.69) is 0 Å². The quantitative estimate of drug-likeness (QED) is 0.362. The summed E-state index contributed by atoms with van der Waals surface area (Å²) in [4.78, 5) is 0. The maximum atomic E-state index is 8.84. The highest BCUT2D eigenvalue weighted by Gasteiger charge is 1.99. The fourth-order valence-corrected chi connectivity index (χ4v) is 0.591. The first-order chi connectivity index (χ1) is 5.95. The van der Waals surface area contributed by atoms with Crippen molar-refractivity contribution in [1.82, 2.24) is 0 Å². The molecule has 0 rings (SSSR count). The summed E-state index contributed by atoms with van der Waals surface area (Å²) in [5.41, 5.74) is 0. The molecular formula is C6H16O3Si. The molecular weight excluding hydrogens is 148 g/mol. The molecule has 0 aliphatic rings. The maximum absolute atomic E-state index is 8.84. The third-order valence-corrected chi connectivity index (χ3v) is 1.34. The van der Waals surface area contributed by atoms with Gasteiger partial charge in [-0.05, 0) is 6.42 Å². The third-order valence-electron chi connectivity index (χ3n) is 0.986. The zero-order chi connectivity index (χ0) is 10.3. The highest BCUT2D eigenvalue weighted by molar-refractivity contribution is 6.08. The lowest BCUT2D eigenvalue weighted by Gasteiger charge is -2.06. The lowest BCUT2D eigenvalue weighted by atomic mass is 10.4. The van der Waals surface area contributed by atoms with Crippen molar-refractivity contribution in [3.8, 4) is 0 Å². The molecule has 0 heterocycles. The molecule has 0 aliphatic carbocycles. The molecule has 0 fully saturated rings. The van der Waals surface area contributed by atoms with Gasteiger partial charge in [0.05, 0.1) is 13.2 Å². The Bertz CT molecular complexity index is 131. The van der Waals surface area contributed by atoms with Crippen molar-refractivity contribution < 1.29 is 14.9 Å². The van der Waals surface area contributed by atoms with Crippen molar-refractivity contribution in [1.29, 1.82) is 3.70 Å². The first kappa shape index (κ1) is 5.71. The summed E-state index contributed by atoms with van der Waals surface area (Å²) < 4.78 is 26.0. The lowest BCUT2D eigenvalue weighted by molar-refractivity contribution is 0.00656. The molecule has 0 spiro atoms. The molecule has 0 amide bonds. The smallest absolute Gasteiger partial charge is 0.100 e. The van der Waals surface area contributed by atoms with Crippen LogP contribution in [-0.4, -0.2) is 49.9 Å². The summed E-state index contributed by atoms with van der Waals surface area (Å²) in [7, 11) is -3.18. The van der Waals surface area contributed by atoms with Gasteiger partial charge in [0.15, 0.2) is 0 Å². The normalized spacial score (nSPS) is 19.2. The Morgan fingerprint density at radius 1 is 1.70 bits per heavy atom. The molecule has 0 aliphatic heterocycles. The fraction of sp³-hybridized carbons (Fsp3) is 1.00. The Hall–Kier alpha value is 0.0969. The van der Waals surface area contributed by atoms with Gasteiger partial charge in [-0.3, -0.25) is 0 Å². The summed E-state index contributed by atoms with van der Waals surface area (Å²) in [5, 5.41) is 17.2. The van der Waals surface area contributed by atoms with E-state index in [-0.39, 0.29) is 19.3 Å². The Kier molecular flexibility index (Phi) is 4.11. The van der Waals surface area contributed by atoms with Gasteiger partial charge in [-0.15, -0.1) is 0 Å². The number of aliphatic hydroxyl groups excluding tert-OH is 2. The molecule has 2 N–H and O–H groups in total. The largest absolute Gasteiger partial charge is 0.394 e. The van der Waals surface area contributed by atoms with Crippen LogP contribution < -0.4 is 0 Å². The monoisotopic (exact) mass is 170 g/mol. The van der Waals surface area contributed by atoms with Crippen molar-refractivity contribution >= 4 is 10.0 Å². The summed E-state index contributed by atoms with van der Waals surface area (Å²) in [5.74, 6) is 0. The fourth-order valence-electron chi connectivity index (χ4n) is 0.446. The van der Waals surface area contributed by atoms with E-state index in [4.69, 9.17) is 18.7 Å². The van der Waals surface area contributed by atoms with Gasteiger partial charge in [0.2, 0.25) is 0 Å². The molecule has 0 radical (unpaired) electrons. The highest BCUT2D eigenvalue weighted by Crippen LogP contribution is 1.88. The van der Waals surface area contributed by atoms with Gasteiger partial charge in [0, 0.05) is 20.4 Å².